The minimum Gasteiger partial charge on any atom is -0.491 e. The molecule has 0 bridgehead atoms. The molecule has 0 aromatic heterocycles. The third-order valence-corrected chi connectivity index (χ3v) is 3.35. The van der Waals surface area contributed by atoms with Gasteiger partial charge in [0.05, 0.1) is 6.61 Å². The van der Waals surface area contributed by atoms with Crippen LogP contribution in [0.1, 0.15) is 6.92 Å². The van der Waals surface area contributed by atoms with Crippen LogP contribution in [0.4, 0.5) is 32.6 Å². The molecule has 0 heterocycles. The Morgan fingerprint density at radius 1 is 1.14 bits per heavy atom. The molecule has 2 nitrogen and oxygen atoms in total. The SMILES string of the molecule is C=CC(F)(F)Oc1ccc(OCC)c(F)c1S(F)(F)(F)(F)F. The summed E-state index contributed by atoms with van der Waals surface area (Å²) in [6.07, 6.45) is -4.63. The topological polar surface area (TPSA) is 18.5 Å². The van der Waals surface area contributed by atoms with E-state index in [-0.39, 0.29) is 18.7 Å². The minimum absolute atomic E-state index is 0.124. The van der Waals surface area contributed by atoms with Gasteiger partial charge < -0.3 is 9.47 Å². The summed E-state index contributed by atoms with van der Waals surface area (Å²) in [6.45, 7) is 3.50. The molecule has 1 aromatic carbocycles. The van der Waals surface area contributed by atoms with Crippen molar-refractivity contribution in [3.05, 3.63) is 30.6 Å². The predicted octanol–water partition coefficient (Wildman–Crippen LogP) is 6.04. The molecule has 0 unspecified atom stereocenters. The summed E-state index contributed by atoms with van der Waals surface area (Å²) >= 11 is 0. The lowest BCUT2D eigenvalue weighted by molar-refractivity contribution is -0.133. The number of hydrogen-bond donors (Lipinski definition) is 0. The second kappa shape index (κ2) is 4.67. The second-order valence-corrected chi connectivity index (χ2v) is 6.32. The van der Waals surface area contributed by atoms with Gasteiger partial charge in [0.2, 0.25) is 0 Å². The van der Waals surface area contributed by atoms with E-state index in [1.807, 2.05) is 0 Å². The van der Waals surface area contributed by atoms with Gasteiger partial charge in [0.25, 0.3) is 0 Å². The standard InChI is InChI=1S/C11H10F8O2S/c1-3-11(13,14)21-8-6-5-7(20-4-2)9(12)10(8)22(15,16,17,18)19/h3,5-6H,1,4H2,2H3. The average molecular weight is 358 g/mol. The van der Waals surface area contributed by atoms with E-state index in [0.717, 1.165) is 0 Å². The molecule has 0 aliphatic rings. The quantitative estimate of drug-likeness (QED) is 0.456. The molecule has 0 saturated carbocycles. The van der Waals surface area contributed by atoms with E-state index in [1.54, 1.807) is 0 Å². The van der Waals surface area contributed by atoms with Crippen molar-refractivity contribution in [2.24, 2.45) is 0 Å². The molecule has 11 heteroatoms. The Bertz CT molecular complexity index is 596. The van der Waals surface area contributed by atoms with Crippen LogP contribution in [0, 0.1) is 5.82 Å². The zero-order valence-electron chi connectivity index (χ0n) is 10.9. The summed E-state index contributed by atoms with van der Waals surface area (Å²) in [5, 5.41) is 0. The number of alkyl halides is 2. The Balaban J connectivity index is 3.68. The summed E-state index contributed by atoms with van der Waals surface area (Å²) in [6, 6.07) is 0.596. The Labute approximate surface area is 120 Å². The lowest BCUT2D eigenvalue weighted by Gasteiger charge is -2.41. The van der Waals surface area contributed by atoms with Crippen molar-refractivity contribution in [3.63, 3.8) is 0 Å². The summed E-state index contributed by atoms with van der Waals surface area (Å²) in [5.74, 6) is -5.76. The maximum atomic E-state index is 13.7. The summed E-state index contributed by atoms with van der Waals surface area (Å²) < 4.78 is 112. The zero-order valence-corrected chi connectivity index (χ0v) is 11.7. The molecule has 22 heavy (non-hydrogen) atoms. The first-order valence-electron chi connectivity index (χ1n) is 5.51. The van der Waals surface area contributed by atoms with Crippen molar-refractivity contribution >= 4 is 10.2 Å². The fourth-order valence-corrected chi connectivity index (χ4v) is 2.34. The van der Waals surface area contributed by atoms with Crippen LogP contribution >= 0.6 is 10.2 Å². The molecule has 0 N–H and O–H groups in total. The van der Waals surface area contributed by atoms with Crippen molar-refractivity contribution in [2.45, 2.75) is 17.9 Å². The van der Waals surface area contributed by atoms with Crippen LogP contribution in [-0.2, 0) is 0 Å². The maximum Gasteiger partial charge on any atom is 0.419 e. The van der Waals surface area contributed by atoms with E-state index >= 15 is 0 Å². The van der Waals surface area contributed by atoms with Gasteiger partial charge in [0, 0.05) is 6.08 Å². The molecule has 128 valence electrons. The Hall–Kier alpha value is -1.65. The second-order valence-electron chi connectivity index (χ2n) is 3.97. The molecule has 0 saturated heterocycles. The van der Waals surface area contributed by atoms with Crippen LogP contribution in [0.15, 0.2) is 29.7 Å². The molecule has 0 aliphatic carbocycles. The van der Waals surface area contributed by atoms with Crippen LogP contribution < -0.4 is 9.47 Å². The largest absolute Gasteiger partial charge is 0.491 e. The third-order valence-electron chi connectivity index (χ3n) is 2.19. The van der Waals surface area contributed by atoms with E-state index in [9.17, 15) is 32.6 Å². The van der Waals surface area contributed by atoms with Gasteiger partial charge in [0.1, 0.15) is 0 Å². The van der Waals surface area contributed by atoms with Crippen molar-refractivity contribution < 1.29 is 42.1 Å². The molecule has 0 spiro atoms. The molecular formula is C11H10F8O2S. The average Bonchev–Trinajstić information content (AvgIpc) is 2.29. The number of ether oxygens (including phenoxy) is 2. The van der Waals surface area contributed by atoms with Crippen molar-refractivity contribution in [3.8, 4) is 11.5 Å². The van der Waals surface area contributed by atoms with E-state index in [0.29, 0.717) is 6.07 Å². The highest BCUT2D eigenvalue weighted by atomic mass is 32.5. The van der Waals surface area contributed by atoms with Crippen LogP contribution in [0.25, 0.3) is 0 Å². The summed E-state index contributed by atoms with van der Waals surface area (Å²) in [7, 11) is -10.7. The van der Waals surface area contributed by atoms with Crippen LogP contribution in [0.3, 0.4) is 0 Å². The lowest BCUT2D eigenvalue weighted by Crippen LogP contribution is -2.23. The van der Waals surface area contributed by atoms with Gasteiger partial charge in [-0.15, -0.1) is 0 Å². The first kappa shape index (κ1) is 18.4. The van der Waals surface area contributed by atoms with Gasteiger partial charge in [0.15, 0.2) is 22.2 Å². The van der Waals surface area contributed by atoms with Crippen LogP contribution in [0.5, 0.6) is 11.5 Å². The van der Waals surface area contributed by atoms with Crippen LogP contribution in [-0.4, -0.2) is 12.7 Å². The molecular weight excluding hydrogens is 348 g/mol. The summed E-state index contributed by atoms with van der Waals surface area (Å²) in [5.41, 5.74) is 0. The molecule has 0 aliphatic heterocycles. The Kier molecular flexibility index (Phi) is 3.91. The van der Waals surface area contributed by atoms with Gasteiger partial charge in [-0.05, 0) is 19.1 Å². The van der Waals surface area contributed by atoms with Crippen molar-refractivity contribution in [1.29, 1.82) is 0 Å². The molecule has 1 rings (SSSR count). The third kappa shape index (κ3) is 4.18. The number of hydrogen-bond acceptors (Lipinski definition) is 2. The van der Waals surface area contributed by atoms with Gasteiger partial charge in [-0.25, -0.2) is 4.39 Å². The number of benzene rings is 1. The van der Waals surface area contributed by atoms with Crippen molar-refractivity contribution in [2.75, 3.05) is 6.61 Å². The maximum absolute atomic E-state index is 13.7. The van der Waals surface area contributed by atoms with Gasteiger partial charge in [-0.2, -0.15) is 8.78 Å². The monoisotopic (exact) mass is 358 g/mol. The van der Waals surface area contributed by atoms with Gasteiger partial charge >= 0.3 is 16.3 Å². The van der Waals surface area contributed by atoms with E-state index in [1.165, 1.54) is 6.92 Å². The molecule has 0 amide bonds. The predicted molar refractivity (Wildman–Crippen MR) is 64.7 cm³/mol. The smallest absolute Gasteiger partial charge is 0.419 e. The fourth-order valence-electron chi connectivity index (χ4n) is 1.42. The molecule has 0 radical (unpaired) electrons. The van der Waals surface area contributed by atoms with E-state index in [4.69, 9.17) is 0 Å². The number of halogens is 8. The normalized spacial score (nSPS) is 15.7. The first-order chi connectivity index (χ1) is 9.61. The molecule has 0 fully saturated rings. The first-order valence-corrected chi connectivity index (χ1v) is 7.46. The van der Waals surface area contributed by atoms with E-state index in [2.05, 4.69) is 16.1 Å². The highest BCUT2D eigenvalue weighted by Crippen LogP contribution is 3.03. The van der Waals surface area contributed by atoms with Crippen LogP contribution in [0.2, 0.25) is 0 Å². The number of rotatable bonds is 6. The summed E-state index contributed by atoms with van der Waals surface area (Å²) in [4.78, 5) is -3.20. The highest BCUT2D eigenvalue weighted by Gasteiger charge is 2.69. The minimum atomic E-state index is -10.7. The fraction of sp³-hybridized carbons (Fsp3) is 0.273. The van der Waals surface area contributed by atoms with E-state index < -0.39 is 38.5 Å². The lowest BCUT2D eigenvalue weighted by atomic mass is 10.3. The van der Waals surface area contributed by atoms with Gasteiger partial charge in [-0.3, -0.25) is 0 Å². The molecule has 0 atom stereocenters. The van der Waals surface area contributed by atoms with Gasteiger partial charge in [-0.1, -0.05) is 26.0 Å². The Morgan fingerprint density at radius 2 is 1.64 bits per heavy atom. The van der Waals surface area contributed by atoms with Crippen molar-refractivity contribution in [1.82, 2.24) is 0 Å². The zero-order chi connectivity index (χ0) is 17.5. The molecule has 1 aromatic rings. The highest BCUT2D eigenvalue weighted by molar-refractivity contribution is 8.45. The Morgan fingerprint density at radius 3 is 2.05 bits per heavy atom.